The molecular formula is C11H13ClN4O2S. The van der Waals surface area contributed by atoms with Gasteiger partial charge >= 0.3 is 0 Å². The molecule has 1 aliphatic rings. The van der Waals surface area contributed by atoms with Crippen molar-refractivity contribution in [2.75, 3.05) is 24.2 Å². The van der Waals surface area contributed by atoms with Crippen molar-refractivity contribution in [3.8, 4) is 0 Å². The molecule has 2 heterocycles. The number of aryl methyl sites for hydroxylation is 1. The van der Waals surface area contributed by atoms with Gasteiger partial charge in [0.05, 0.1) is 5.75 Å². The predicted octanol–water partition coefficient (Wildman–Crippen LogP) is 1.80. The van der Waals surface area contributed by atoms with Gasteiger partial charge in [-0.1, -0.05) is 30.3 Å². The molecule has 8 heteroatoms. The minimum absolute atomic E-state index is 0.155. The molecule has 0 unspecified atom stereocenters. The summed E-state index contributed by atoms with van der Waals surface area (Å²) in [6.45, 7) is 2.69. The molecule has 0 saturated carbocycles. The first-order valence-corrected chi connectivity index (χ1v) is 7.21. The molecule has 2 amide bonds. The number of thioether (sulfide) groups is 1. The number of rotatable bonds is 5. The summed E-state index contributed by atoms with van der Waals surface area (Å²) < 4.78 is 0. The van der Waals surface area contributed by atoms with Crippen molar-refractivity contribution in [1.82, 2.24) is 14.9 Å². The van der Waals surface area contributed by atoms with Gasteiger partial charge in [0.2, 0.25) is 11.9 Å². The quantitative estimate of drug-likeness (QED) is 0.836. The molecule has 102 valence electrons. The van der Waals surface area contributed by atoms with Crippen molar-refractivity contribution < 1.29 is 9.59 Å². The van der Waals surface area contributed by atoms with Gasteiger partial charge in [0.25, 0.3) is 5.24 Å². The first-order valence-electron chi connectivity index (χ1n) is 5.84. The van der Waals surface area contributed by atoms with E-state index in [1.54, 1.807) is 6.07 Å². The Bertz CT molecular complexity index is 495. The maximum absolute atomic E-state index is 11.4. The van der Waals surface area contributed by atoms with Crippen LogP contribution in [0.4, 0.5) is 10.7 Å². The van der Waals surface area contributed by atoms with Crippen LogP contribution in [-0.4, -0.2) is 44.9 Å². The Labute approximate surface area is 119 Å². The summed E-state index contributed by atoms with van der Waals surface area (Å²) in [5.41, 5.74) is 0.839. The van der Waals surface area contributed by atoms with Gasteiger partial charge in [-0.05, 0) is 12.5 Å². The number of imide groups is 1. The minimum atomic E-state index is -0.201. The van der Waals surface area contributed by atoms with Crippen molar-refractivity contribution >= 4 is 40.5 Å². The number of hydrogen-bond donors (Lipinski definition) is 1. The zero-order chi connectivity index (χ0) is 13.8. The van der Waals surface area contributed by atoms with Gasteiger partial charge in [-0.3, -0.25) is 14.5 Å². The first kappa shape index (κ1) is 14.1. The summed E-state index contributed by atoms with van der Waals surface area (Å²) in [6, 6.07) is 1.71. The van der Waals surface area contributed by atoms with E-state index in [0.717, 1.165) is 23.9 Å². The normalized spacial score (nSPS) is 15.2. The molecule has 2 rings (SSSR count). The van der Waals surface area contributed by atoms with Crippen LogP contribution >= 0.6 is 23.4 Å². The van der Waals surface area contributed by atoms with E-state index in [2.05, 4.69) is 15.3 Å². The van der Waals surface area contributed by atoms with Gasteiger partial charge in [0.1, 0.15) is 5.15 Å². The molecule has 0 atom stereocenters. The van der Waals surface area contributed by atoms with Crippen molar-refractivity contribution in [1.29, 1.82) is 0 Å². The first-order chi connectivity index (χ1) is 9.10. The van der Waals surface area contributed by atoms with Gasteiger partial charge in [-0.2, -0.15) is 0 Å². The standard InChI is InChI=1S/C11H13ClN4O2S/c1-2-7-5-8(12)15-10(14-7)13-3-4-16-9(17)6-19-11(16)18/h5H,2-4,6H2,1H3,(H,13,14,15). The van der Waals surface area contributed by atoms with Crippen molar-refractivity contribution in [2.45, 2.75) is 13.3 Å². The molecule has 19 heavy (non-hydrogen) atoms. The highest BCUT2D eigenvalue weighted by atomic mass is 35.5. The third kappa shape index (κ3) is 3.57. The van der Waals surface area contributed by atoms with E-state index < -0.39 is 0 Å². The second kappa shape index (κ2) is 6.21. The number of carbonyl (C=O) groups excluding carboxylic acids is 2. The van der Waals surface area contributed by atoms with Crippen LogP contribution in [-0.2, 0) is 11.2 Å². The van der Waals surface area contributed by atoms with Crippen LogP contribution in [0.2, 0.25) is 5.15 Å². The fourth-order valence-corrected chi connectivity index (χ4v) is 2.56. The fraction of sp³-hybridized carbons (Fsp3) is 0.455. The molecule has 1 aliphatic heterocycles. The second-order valence-corrected chi connectivity index (χ2v) is 5.20. The third-order valence-electron chi connectivity index (χ3n) is 2.57. The molecule has 1 saturated heterocycles. The Kier molecular flexibility index (Phi) is 4.60. The molecule has 0 bridgehead atoms. The maximum Gasteiger partial charge on any atom is 0.288 e. The lowest BCUT2D eigenvalue weighted by atomic mass is 10.3. The van der Waals surface area contributed by atoms with Crippen LogP contribution in [0.5, 0.6) is 0 Å². The average Bonchev–Trinajstić information content (AvgIpc) is 2.69. The average molecular weight is 301 g/mol. The number of hydrogen-bond acceptors (Lipinski definition) is 6. The molecule has 0 spiro atoms. The number of aromatic nitrogens is 2. The molecule has 1 fully saturated rings. The van der Waals surface area contributed by atoms with E-state index in [-0.39, 0.29) is 16.9 Å². The zero-order valence-corrected chi connectivity index (χ0v) is 11.9. The number of amides is 2. The summed E-state index contributed by atoms with van der Waals surface area (Å²) in [4.78, 5) is 32.3. The van der Waals surface area contributed by atoms with Crippen LogP contribution in [0.25, 0.3) is 0 Å². The van der Waals surface area contributed by atoms with E-state index in [9.17, 15) is 9.59 Å². The van der Waals surface area contributed by atoms with Crippen molar-refractivity contribution in [3.05, 3.63) is 16.9 Å². The topological polar surface area (TPSA) is 75.2 Å². The SMILES string of the molecule is CCc1cc(Cl)nc(NCCN2C(=O)CSC2=O)n1. The molecule has 0 radical (unpaired) electrons. The minimum Gasteiger partial charge on any atom is -0.352 e. The lowest BCUT2D eigenvalue weighted by molar-refractivity contribution is -0.124. The number of halogens is 1. The van der Waals surface area contributed by atoms with Crippen molar-refractivity contribution in [3.63, 3.8) is 0 Å². The summed E-state index contributed by atoms with van der Waals surface area (Å²) in [6.07, 6.45) is 0.761. The van der Waals surface area contributed by atoms with Gasteiger partial charge in [-0.15, -0.1) is 0 Å². The van der Waals surface area contributed by atoms with Gasteiger partial charge in [0, 0.05) is 18.8 Å². The highest BCUT2D eigenvalue weighted by molar-refractivity contribution is 8.14. The smallest absolute Gasteiger partial charge is 0.288 e. The molecule has 0 aliphatic carbocycles. The zero-order valence-electron chi connectivity index (χ0n) is 10.4. The largest absolute Gasteiger partial charge is 0.352 e. The summed E-state index contributed by atoms with van der Waals surface area (Å²) in [5.74, 6) is 0.487. The third-order valence-corrected chi connectivity index (χ3v) is 3.62. The Morgan fingerprint density at radius 1 is 1.47 bits per heavy atom. The van der Waals surface area contributed by atoms with E-state index in [4.69, 9.17) is 11.6 Å². The number of anilines is 1. The number of nitrogens with zero attached hydrogens (tertiary/aromatic N) is 3. The van der Waals surface area contributed by atoms with E-state index in [1.807, 2.05) is 6.92 Å². The molecule has 1 aromatic heterocycles. The lowest BCUT2D eigenvalue weighted by Gasteiger charge is -2.13. The van der Waals surface area contributed by atoms with Crippen LogP contribution in [0.15, 0.2) is 6.07 Å². The second-order valence-electron chi connectivity index (χ2n) is 3.89. The Balaban J connectivity index is 1.90. The number of nitrogens with one attached hydrogen (secondary N) is 1. The lowest BCUT2D eigenvalue weighted by Crippen LogP contribution is -2.33. The fourth-order valence-electron chi connectivity index (χ4n) is 1.60. The van der Waals surface area contributed by atoms with Crippen molar-refractivity contribution in [2.24, 2.45) is 0 Å². The van der Waals surface area contributed by atoms with Crippen LogP contribution in [0.3, 0.4) is 0 Å². The molecule has 1 N–H and O–H groups in total. The van der Waals surface area contributed by atoms with E-state index in [0.29, 0.717) is 24.2 Å². The Morgan fingerprint density at radius 3 is 2.89 bits per heavy atom. The monoisotopic (exact) mass is 300 g/mol. The van der Waals surface area contributed by atoms with E-state index in [1.165, 1.54) is 4.90 Å². The van der Waals surface area contributed by atoms with Gasteiger partial charge in [0.15, 0.2) is 0 Å². The highest BCUT2D eigenvalue weighted by Gasteiger charge is 2.29. The van der Waals surface area contributed by atoms with Crippen LogP contribution < -0.4 is 5.32 Å². The highest BCUT2D eigenvalue weighted by Crippen LogP contribution is 2.18. The molecule has 6 nitrogen and oxygen atoms in total. The van der Waals surface area contributed by atoms with Gasteiger partial charge in [-0.25, -0.2) is 9.97 Å². The summed E-state index contributed by atoms with van der Waals surface area (Å²) in [5, 5.41) is 3.14. The molecule has 1 aromatic rings. The Morgan fingerprint density at radius 2 is 2.26 bits per heavy atom. The molecular weight excluding hydrogens is 288 g/mol. The van der Waals surface area contributed by atoms with Gasteiger partial charge < -0.3 is 5.32 Å². The Hall–Kier alpha value is -1.34. The van der Waals surface area contributed by atoms with Crippen LogP contribution in [0, 0.1) is 0 Å². The van der Waals surface area contributed by atoms with E-state index >= 15 is 0 Å². The van der Waals surface area contributed by atoms with Crippen LogP contribution in [0.1, 0.15) is 12.6 Å². The molecule has 0 aromatic carbocycles. The number of carbonyl (C=O) groups is 2. The summed E-state index contributed by atoms with van der Waals surface area (Å²) >= 11 is 6.89. The summed E-state index contributed by atoms with van der Waals surface area (Å²) in [7, 11) is 0. The maximum atomic E-state index is 11.4. The predicted molar refractivity (Wildman–Crippen MR) is 74.5 cm³/mol.